The zero-order valence-electron chi connectivity index (χ0n) is 20.8. The van der Waals surface area contributed by atoms with Gasteiger partial charge < -0.3 is 24.5 Å². The van der Waals surface area contributed by atoms with Gasteiger partial charge in [-0.05, 0) is 29.6 Å². The lowest BCUT2D eigenvalue weighted by molar-refractivity contribution is -0.149. The van der Waals surface area contributed by atoms with E-state index in [0.29, 0.717) is 0 Å². The van der Waals surface area contributed by atoms with Crippen LogP contribution in [0.25, 0.3) is 0 Å². The van der Waals surface area contributed by atoms with Gasteiger partial charge in [0.1, 0.15) is 18.7 Å². The number of nitrogens with zero attached hydrogens (tertiary/aromatic N) is 1. The lowest BCUT2D eigenvalue weighted by atomic mass is 10.0. The minimum Gasteiger partial charge on any atom is -0.480 e. The number of nitrogens with one attached hydrogen (secondary N) is 1. The third-order valence-electron chi connectivity index (χ3n) is 6.52. The molecule has 1 aliphatic rings. The zero-order valence-corrected chi connectivity index (χ0v) is 21.8. The first-order chi connectivity index (χ1) is 15.2. The van der Waals surface area contributed by atoms with Gasteiger partial charge in [0.2, 0.25) is 5.91 Å². The molecule has 33 heavy (non-hydrogen) atoms. The molecule has 2 rings (SSSR count). The number of carboxylic acid groups (broad SMARTS) is 1. The molecule has 0 aliphatic carbocycles. The monoisotopic (exact) mass is 478 g/mol. The van der Waals surface area contributed by atoms with Crippen LogP contribution in [0.5, 0.6) is 0 Å². The van der Waals surface area contributed by atoms with Gasteiger partial charge in [-0.15, -0.1) is 0 Å². The van der Waals surface area contributed by atoms with Crippen molar-refractivity contribution in [1.29, 1.82) is 0 Å². The van der Waals surface area contributed by atoms with E-state index in [0.717, 1.165) is 5.56 Å². The largest absolute Gasteiger partial charge is 0.480 e. The molecule has 3 atom stereocenters. The summed E-state index contributed by atoms with van der Waals surface area (Å²) in [5.41, 5.74) is 0.830. The first kappa shape index (κ1) is 26.9. The van der Waals surface area contributed by atoms with Crippen LogP contribution in [-0.2, 0) is 25.4 Å². The summed E-state index contributed by atoms with van der Waals surface area (Å²) in [5.74, 6) is -1.76. The average molecular weight is 479 g/mol. The quantitative estimate of drug-likeness (QED) is 0.547. The molecule has 0 bridgehead atoms. The van der Waals surface area contributed by atoms with E-state index in [2.05, 4.69) is 39.2 Å². The fourth-order valence-electron chi connectivity index (χ4n) is 3.54. The van der Waals surface area contributed by atoms with Gasteiger partial charge in [0.25, 0.3) is 0 Å². The molecule has 184 valence electrons. The summed E-state index contributed by atoms with van der Waals surface area (Å²) in [6.45, 7) is 14.4. The number of likely N-dealkylation sites (tertiary alicyclic amines) is 1. The lowest BCUT2D eigenvalue weighted by Crippen LogP contribution is -2.54. The van der Waals surface area contributed by atoms with Gasteiger partial charge in [-0.25, -0.2) is 9.59 Å². The maximum Gasteiger partial charge on any atom is 0.408 e. The number of benzene rings is 1. The molecule has 1 heterocycles. The molecule has 1 fully saturated rings. The molecule has 0 unspecified atom stereocenters. The van der Waals surface area contributed by atoms with E-state index >= 15 is 0 Å². The minimum absolute atomic E-state index is 0.0340. The highest BCUT2D eigenvalue weighted by Crippen LogP contribution is 2.39. The van der Waals surface area contributed by atoms with Gasteiger partial charge in [0.15, 0.2) is 8.32 Å². The first-order valence-corrected chi connectivity index (χ1v) is 14.3. The second-order valence-corrected chi connectivity index (χ2v) is 15.3. The van der Waals surface area contributed by atoms with Crippen LogP contribution in [0.2, 0.25) is 18.1 Å². The highest BCUT2D eigenvalue weighted by atomic mass is 28.4. The summed E-state index contributed by atoms with van der Waals surface area (Å²) in [6, 6.07) is 7.34. The molecule has 1 aliphatic heterocycles. The Morgan fingerprint density at radius 3 is 2.30 bits per heavy atom. The van der Waals surface area contributed by atoms with Gasteiger partial charge in [0, 0.05) is 13.0 Å². The standard InChI is InChI=1S/C24H38N2O6Si/c1-16(2)20(25-23(30)31-15-17-11-9-8-10-12-17)21(27)26-14-18(13-19(26)22(28)29)32-33(6,7)24(3,4)5/h8-12,16,18-20H,13-15H2,1-7H3,(H,25,30)(H,28,29)/t18-,19+,20+/m1/s1. The van der Waals surface area contributed by atoms with Crippen LogP contribution in [-0.4, -0.2) is 61.0 Å². The normalized spacial score (nSPS) is 19.9. The molecule has 2 N–H and O–H groups in total. The molecule has 1 aromatic rings. The van der Waals surface area contributed by atoms with E-state index in [4.69, 9.17) is 9.16 Å². The molecule has 0 aromatic heterocycles. The zero-order chi connectivity index (χ0) is 25.0. The number of alkyl carbamates (subject to hydrolysis) is 1. The third-order valence-corrected chi connectivity index (χ3v) is 11.1. The Bertz CT molecular complexity index is 837. The van der Waals surface area contributed by atoms with Crippen molar-refractivity contribution in [3.05, 3.63) is 35.9 Å². The molecule has 0 saturated carbocycles. The predicted octanol–water partition coefficient (Wildman–Crippen LogP) is 4.01. The summed E-state index contributed by atoms with van der Waals surface area (Å²) in [4.78, 5) is 39.0. The Hall–Kier alpha value is -2.39. The number of carboxylic acids is 1. The Morgan fingerprint density at radius 1 is 1.18 bits per heavy atom. The molecular weight excluding hydrogens is 440 g/mol. The highest BCUT2D eigenvalue weighted by molar-refractivity contribution is 6.74. The molecule has 8 nitrogen and oxygen atoms in total. The van der Waals surface area contributed by atoms with E-state index < -0.39 is 38.4 Å². The van der Waals surface area contributed by atoms with Crippen LogP contribution in [0.15, 0.2) is 30.3 Å². The van der Waals surface area contributed by atoms with Crippen LogP contribution in [0.3, 0.4) is 0 Å². The number of hydrogen-bond acceptors (Lipinski definition) is 5. The average Bonchev–Trinajstić information content (AvgIpc) is 3.13. The van der Waals surface area contributed by atoms with Crippen LogP contribution < -0.4 is 5.32 Å². The van der Waals surface area contributed by atoms with Gasteiger partial charge in [0.05, 0.1) is 6.10 Å². The van der Waals surface area contributed by atoms with Gasteiger partial charge in [-0.1, -0.05) is 65.0 Å². The number of rotatable bonds is 8. The van der Waals surface area contributed by atoms with Crippen molar-refractivity contribution in [2.24, 2.45) is 5.92 Å². The third kappa shape index (κ3) is 7.04. The Labute approximate surface area is 197 Å². The summed E-state index contributed by atoms with van der Waals surface area (Å²) >= 11 is 0. The van der Waals surface area contributed by atoms with Crippen molar-refractivity contribution >= 4 is 26.3 Å². The van der Waals surface area contributed by atoms with Gasteiger partial charge >= 0.3 is 12.1 Å². The van der Waals surface area contributed by atoms with Crippen molar-refractivity contribution in [3.8, 4) is 0 Å². The minimum atomic E-state index is -2.14. The summed E-state index contributed by atoms with van der Waals surface area (Å²) in [5, 5.41) is 12.4. The number of carbonyl (C=O) groups is 3. The number of amides is 2. The van der Waals surface area contributed by atoms with E-state index in [9.17, 15) is 19.5 Å². The van der Waals surface area contributed by atoms with Gasteiger partial charge in [-0.3, -0.25) is 4.79 Å². The van der Waals surface area contributed by atoms with Crippen molar-refractivity contribution in [2.45, 2.75) is 84.0 Å². The molecule has 1 aromatic carbocycles. The fraction of sp³-hybridized carbons (Fsp3) is 0.625. The second kappa shape index (κ2) is 10.7. The van der Waals surface area contributed by atoms with Crippen molar-refractivity contribution < 1.29 is 28.7 Å². The van der Waals surface area contributed by atoms with E-state index in [-0.39, 0.29) is 36.6 Å². The van der Waals surface area contributed by atoms with E-state index in [1.54, 1.807) is 13.8 Å². The summed E-state index contributed by atoms with van der Waals surface area (Å²) in [6.07, 6.45) is -0.837. The topological polar surface area (TPSA) is 105 Å². The summed E-state index contributed by atoms with van der Waals surface area (Å²) in [7, 11) is -2.14. The predicted molar refractivity (Wildman–Crippen MR) is 128 cm³/mol. The summed E-state index contributed by atoms with van der Waals surface area (Å²) < 4.78 is 11.7. The lowest BCUT2D eigenvalue weighted by Gasteiger charge is -2.38. The molecule has 2 amide bonds. The van der Waals surface area contributed by atoms with E-state index in [1.807, 2.05) is 30.3 Å². The maximum absolute atomic E-state index is 13.4. The maximum atomic E-state index is 13.4. The van der Waals surface area contributed by atoms with Crippen LogP contribution in [0, 0.1) is 5.92 Å². The molecule has 9 heteroatoms. The number of aliphatic carboxylic acids is 1. The molecule has 1 saturated heterocycles. The highest BCUT2D eigenvalue weighted by Gasteiger charge is 2.47. The van der Waals surface area contributed by atoms with E-state index in [1.165, 1.54) is 4.90 Å². The van der Waals surface area contributed by atoms with Gasteiger partial charge in [-0.2, -0.15) is 0 Å². The number of carbonyl (C=O) groups excluding carboxylic acids is 2. The smallest absolute Gasteiger partial charge is 0.408 e. The molecule has 0 radical (unpaired) electrons. The Morgan fingerprint density at radius 2 is 1.79 bits per heavy atom. The van der Waals surface area contributed by atoms with Crippen LogP contribution in [0.4, 0.5) is 4.79 Å². The van der Waals surface area contributed by atoms with Crippen molar-refractivity contribution in [3.63, 3.8) is 0 Å². The molecule has 0 spiro atoms. The van der Waals surface area contributed by atoms with Crippen LogP contribution in [0.1, 0.15) is 46.6 Å². The fourth-order valence-corrected chi connectivity index (χ4v) is 4.90. The molecular formula is C24H38N2O6Si. The second-order valence-electron chi connectivity index (χ2n) is 10.5. The van der Waals surface area contributed by atoms with Crippen molar-refractivity contribution in [1.82, 2.24) is 10.2 Å². The SMILES string of the molecule is CC(C)[C@H](NC(=O)OCc1ccccc1)C(=O)N1C[C@H](O[Si](C)(C)C(C)(C)C)C[C@H]1C(=O)O. The van der Waals surface area contributed by atoms with Crippen LogP contribution >= 0.6 is 0 Å². The Kier molecular flexibility index (Phi) is 8.70. The Balaban J connectivity index is 2.09. The number of ether oxygens (including phenoxy) is 1. The number of hydrogen-bond donors (Lipinski definition) is 2. The first-order valence-electron chi connectivity index (χ1n) is 11.4. The van der Waals surface area contributed by atoms with Crippen molar-refractivity contribution in [2.75, 3.05) is 6.54 Å².